The Morgan fingerprint density at radius 1 is 1.21 bits per heavy atom. The standard InChI is InChI=1S/C17H24N2O5/c1-23-14-6-4-13(5-7-14)15(19-8-2-3-9-19)10-18-16(20)11-24-12-17(21)22/h4-7,15H,2-3,8-12H2,1H3,(H,18,20)(H,21,22). The van der Waals surface area contributed by atoms with E-state index in [-0.39, 0.29) is 18.6 Å². The predicted octanol–water partition coefficient (Wildman–Crippen LogP) is 1.05. The summed E-state index contributed by atoms with van der Waals surface area (Å²) >= 11 is 0. The van der Waals surface area contributed by atoms with Crippen LogP contribution < -0.4 is 10.1 Å². The van der Waals surface area contributed by atoms with E-state index >= 15 is 0 Å². The summed E-state index contributed by atoms with van der Waals surface area (Å²) in [5.74, 6) is -0.602. The lowest BCUT2D eigenvalue weighted by atomic mass is 10.1. The van der Waals surface area contributed by atoms with E-state index in [1.165, 1.54) is 0 Å². The van der Waals surface area contributed by atoms with Crippen LogP contribution in [0.15, 0.2) is 24.3 Å². The molecular weight excluding hydrogens is 312 g/mol. The van der Waals surface area contributed by atoms with Gasteiger partial charge in [0.2, 0.25) is 5.91 Å². The van der Waals surface area contributed by atoms with Gasteiger partial charge in [0.15, 0.2) is 0 Å². The number of amides is 1. The zero-order valence-corrected chi connectivity index (χ0v) is 13.9. The molecule has 0 aliphatic carbocycles. The molecule has 132 valence electrons. The molecule has 0 bridgehead atoms. The molecule has 1 aliphatic heterocycles. The van der Waals surface area contributed by atoms with E-state index in [4.69, 9.17) is 14.6 Å². The van der Waals surface area contributed by atoms with Gasteiger partial charge in [0.1, 0.15) is 19.0 Å². The number of carboxylic acids is 1. The van der Waals surface area contributed by atoms with Gasteiger partial charge in [0.25, 0.3) is 0 Å². The molecule has 24 heavy (non-hydrogen) atoms. The number of methoxy groups -OCH3 is 1. The maximum atomic E-state index is 11.8. The minimum atomic E-state index is -1.09. The third-order valence-electron chi connectivity index (χ3n) is 4.03. The third-order valence-corrected chi connectivity index (χ3v) is 4.03. The molecule has 2 N–H and O–H groups in total. The Morgan fingerprint density at radius 3 is 2.46 bits per heavy atom. The van der Waals surface area contributed by atoms with Crippen molar-refractivity contribution in [2.75, 3.05) is 40.0 Å². The van der Waals surface area contributed by atoms with Crippen molar-refractivity contribution >= 4 is 11.9 Å². The second-order valence-corrected chi connectivity index (χ2v) is 5.72. The topological polar surface area (TPSA) is 88.1 Å². The van der Waals surface area contributed by atoms with E-state index in [0.717, 1.165) is 37.2 Å². The Labute approximate surface area is 141 Å². The second-order valence-electron chi connectivity index (χ2n) is 5.72. The van der Waals surface area contributed by atoms with Crippen molar-refractivity contribution in [1.29, 1.82) is 0 Å². The molecule has 1 saturated heterocycles. The number of carbonyl (C=O) groups excluding carboxylic acids is 1. The molecule has 0 saturated carbocycles. The van der Waals surface area contributed by atoms with Crippen LogP contribution in [0.5, 0.6) is 5.75 Å². The van der Waals surface area contributed by atoms with E-state index in [9.17, 15) is 9.59 Å². The van der Waals surface area contributed by atoms with Gasteiger partial charge in [0, 0.05) is 6.54 Å². The van der Waals surface area contributed by atoms with Gasteiger partial charge in [-0.3, -0.25) is 9.69 Å². The van der Waals surface area contributed by atoms with Gasteiger partial charge in [0.05, 0.1) is 13.2 Å². The van der Waals surface area contributed by atoms with E-state index < -0.39 is 12.6 Å². The summed E-state index contributed by atoms with van der Waals surface area (Å²) in [6, 6.07) is 7.93. The van der Waals surface area contributed by atoms with E-state index in [1.807, 2.05) is 24.3 Å². The zero-order valence-electron chi connectivity index (χ0n) is 13.9. The van der Waals surface area contributed by atoms with Crippen LogP contribution in [0.25, 0.3) is 0 Å². The molecule has 1 aromatic carbocycles. The number of rotatable bonds is 9. The number of carboxylic acid groups (broad SMARTS) is 1. The minimum absolute atomic E-state index is 0.0850. The highest BCUT2D eigenvalue weighted by molar-refractivity contribution is 5.77. The van der Waals surface area contributed by atoms with Crippen LogP contribution in [0, 0.1) is 0 Å². The Kier molecular flexibility index (Phi) is 7.02. The van der Waals surface area contributed by atoms with Crippen molar-refractivity contribution in [3.05, 3.63) is 29.8 Å². The fourth-order valence-corrected chi connectivity index (χ4v) is 2.83. The molecule has 0 aromatic heterocycles. The van der Waals surface area contributed by atoms with Gasteiger partial charge < -0.3 is 19.9 Å². The molecule has 0 spiro atoms. The first-order valence-electron chi connectivity index (χ1n) is 8.04. The molecule has 2 rings (SSSR count). The molecule has 1 fully saturated rings. The number of likely N-dealkylation sites (tertiary alicyclic amines) is 1. The van der Waals surface area contributed by atoms with Gasteiger partial charge in [-0.25, -0.2) is 4.79 Å². The summed E-state index contributed by atoms with van der Waals surface area (Å²) in [4.78, 5) is 24.5. The van der Waals surface area contributed by atoms with Gasteiger partial charge in [-0.15, -0.1) is 0 Å². The van der Waals surface area contributed by atoms with Crippen LogP contribution in [-0.4, -0.2) is 61.8 Å². The van der Waals surface area contributed by atoms with Crippen molar-refractivity contribution < 1.29 is 24.2 Å². The van der Waals surface area contributed by atoms with Crippen molar-refractivity contribution in [2.24, 2.45) is 0 Å². The molecule has 0 radical (unpaired) electrons. The number of aliphatic carboxylic acids is 1. The van der Waals surface area contributed by atoms with Crippen molar-refractivity contribution in [2.45, 2.75) is 18.9 Å². The van der Waals surface area contributed by atoms with Gasteiger partial charge in [-0.2, -0.15) is 0 Å². The summed E-state index contributed by atoms with van der Waals surface area (Å²) < 4.78 is 10.00. The lowest BCUT2D eigenvalue weighted by molar-refractivity contribution is -0.143. The molecule has 1 aliphatic rings. The number of hydrogen-bond donors (Lipinski definition) is 2. The molecule has 7 heteroatoms. The first kappa shape index (κ1) is 18.2. The highest BCUT2D eigenvalue weighted by atomic mass is 16.5. The quantitative estimate of drug-likeness (QED) is 0.701. The Hall–Kier alpha value is -2.12. The molecule has 1 amide bonds. The molecule has 1 unspecified atom stereocenters. The molecule has 7 nitrogen and oxygen atoms in total. The average molecular weight is 336 g/mol. The van der Waals surface area contributed by atoms with Crippen LogP contribution in [0.4, 0.5) is 0 Å². The lowest BCUT2D eigenvalue weighted by Gasteiger charge is -2.28. The number of hydrogen-bond acceptors (Lipinski definition) is 5. The van der Waals surface area contributed by atoms with Gasteiger partial charge in [-0.05, 0) is 43.6 Å². The highest BCUT2D eigenvalue weighted by Crippen LogP contribution is 2.26. The van der Waals surface area contributed by atoms with Crippen molar-refractivity contribution in [3.63, 3.8) is 0 Å². The zero-order chi connectivity index (χ0) is 17.4. The number of carbonyl (C=O) groups is 2. The van der Waals surface area contributed by atoms with Crippen LogP contribution in [0.1, 0.15) is 24.4 Å². The summed E-state index contributed by atoms with van der Waals surface area (Å²) in [5.41, 5.74) is 1.12. The van der Waals surface area contributed by atoms with E-state index in [0.29, 0.717) is 6.54 Å². The summed E-state index contributed by atoms with van der Waals surface area (Å²) in [7, 11) is 1.63. The van der Waals surface area contributed by atoms with E-state index in [1.54, 1.807) is 7.11 Å². The van der Waals surface area contributed by atoms with Crippen LogP contribution in [0.3, 0.4) is 0 Å². The average Bonchev–Trinajstić information content (AvgIpc) is 3.09. The summed E-state index contributed by atoms with van der Waals surface area (Å²) in [5, 5.41) is 11.3. The fraction of sp³-hybridized carbons (Fsp3) is 0.529. The maximum absolute atomic E-state index is 11.8. The van der Waals surface area contributed by atoms with Crippen LogP contribution in [0.2, 0.25) is 0 Å². The highest BCUT2D eigenvalue weighted by Gasteiger charge is 2.24. The van der Waals surface area contributed by atoms with Crippen LogP contribution >= 0.6 is 0 Å². The first-order valence-corrected chi connectivity index (χ1v) is 8.04. The number of benzene rings is 1. The number of ether oxygens (including phenoxy) is 2. The molecular formula is C17H24N2O5. The number of nitrogens with one attached hydrogen (secondary N) is 1. The maximum Gasteiger partial charge on any atom is 0.329 e. The first-order chi connectivity index (χ1) is 11.6. The normalized spacial score (nSPS) is 15.9. The molecule has 1 heterocycles. The SMILES string of the molecule is COc1ccc(C(CNC(=O)COCC(=O)O)N2CCCC2)cc1. The lowest BCUT2D eigenvalue weighted by Crippen LogP contribution is -2.38. The second kappa shape index (κ2) is 9.24. The largest absolute Gasteiger partial charge is 0.497 e. The monoisotopic (exact) mass is 336 g/mol. The Morgan fingerprint density at radius 2 is 1.88 bits per heavy atom. The summed E-state index contributed by atoms with van der Waals surface area (Å²) in [6.45, 7) is 1.74. The molecule has 1 aromatic rings. The van der Waals surface area contributed by atoms with E-state index in [2.05, 4.69) is 10.2 Å². The van der Waals surface area contributed by atoms with Gasteiger partial charge >= 0.3 is 5.97 Å². The predicted molar refractivity (Wildman–Crippen MR) is 88.0 cm³/mol. The van der Waals surface area contributed by atoms with Crippen molar-refractivity contribution in [1.82, 2.24) is 10.2 Å². The fourth-order valence-electron chi connectivity index (χ4n) is 2.83. The smallest absolute Gasteiger partial charge is 0.329 e. The Balaban J connectivity index is 1.93. The summed E-state index contributed by atoms with van der Waals surface area (Å²) in [6.07, 6.45) is 2.31. The Bertz CT molecular complexity index is 540. The van der Waals surface area contributed by atoms with Crippen LogP contribution in [-0.2, 0) is 14.3 Å². The number of nitrogens with zero attached hydrogens (tertiary/aromatic N) is 1. The minimum Gasteiger partial charge on any atom is -0.497 e. The third kappa shape index (κ3) is 5.50. The molecule has 1 atom stereocenters. The van der Waals surface area contributed by atoms with Gasteiger partial charge in [-0.1, -0.05) is 12.1 Å². The van der Waals surface area contributed by atoms with Crippen molar-refractivity contribution in [3.8, 4) is 5.75 Å².